The van der Waals surface area contributed by atoms with Gasteiger partial charge in [-0.15, -0.1) is 0 Å². The number of fused-ring (bicyclic) bond motifs is 1. The Morgan fingerprint density at radius 3 is 2.56 bits per heavy atom. The van der Waals surface area contributed by atoms with E-state index in [2.05, 4.69) is 4.98 Å². The summed E-state index contributed by atoms with van der Waals surface area (Å²) in [6.07, 6.45) is 0. The first kappa shape index (κ1) is 10.5. The number of hydrogen-bond acceptors (Lipinski definition) is 5. The maximum atomic E-state index is 5.85. The largest absolute Gasteiger partial charge is 0.436 e. The van der Waals surface area contributed by atoms with Gasteiger partial charge in [0, 0.05) is 23.0 Å². The first-order valence-corrected chi connectivity index (χ1v) is 5.45. The normalized spacial score (nSPS) is 10.9. The van der Waals surface area contributed by atoms with Crippen LogP contribution in [0.15, 0.2) is 40.8 Å². The number of oxazole rings is 1. The molecule has 0 bridgehead atoms. The highest BCUT2D eigenvalue weighted by molar-refractivity contribution is 5.90. The van der Waals surface area contributed by atoms with E-state index in [9.17, 15) is 0 Å². The molecule has 0 aliphatic carbocycles. The molecule has 0 atom stereocenters. The molecule has 2 aromatic carbocycles. The van der Waals surface area contributed by atoms with Gasteiger partial charge < -0.3 is 21.6 Å². The fourth-order valence-corrected chi connectivity index (χ4v) is 1.87. The molecule has 0 unspecified atom stereocenters. The van der Waals surface area contributed by atoms with Crippen LogP contribution in [0.4, 0.5) is 17.1 Å². The summed E-state index contributed by atoms with van der Waals surface area (Å²) in [7, 11) is 0. The predicted molar refractivity (Wildman–Crippen MR) is 72.7 cm³/mol. The lowest BCUT2D eigenvalue weighted by Crippen LogP contribution is -1.90. The van der Waals surface area contributed by atoms with Crippen LogP contribution in [0.3, 0.4) is 0 Å². The molecular formula is C13H12N4O. The van der Waals surface area contributed by atoms with Crippen molar-refractivity contribution in [3.63, 3.8) is 0 Å². The van der Waals surface area contributed by atoms with E-state index >= 15 is 0 Å². The molecule has 0 saturated heterocycles. The van der Waals surface area contributed by atoms with Crippen LogP contribution in [-0.4, -0.2) is 4.98 Å². The number of aromatic nitrogens is 1. The van der Waals surface area contributed by atoms with Crippen molar-refractivity contribution in [2.45, 2.75) is 0 Å². The van der Waals surface area contributed by atoms with Crippen LogP contribution in [0.1, 0.15) is 0 Å². The standard InChI is InChI=1S/C13H12N4O/c14-8-3-1-2-7(4-8)13-17-12-10(16)5-9(15)6-11(12)18-13/h1-6H,14-16H2. The smallest absolute Gasteiger partial charge is 0.227 e. The molecule has 18 heavy (non-hydrogen) atoms. The summed E-state index contributed by atoms with van der Waals surface area (Å²) in [6, 6.07) is 10.7. The molecule has 1 heterocycles. The summed E-state index contributed by atoms with van der Waals surface area (Å²) in [5.41, 5.74) is 21.0. The van der Waals surface area contributed by atoms with Crippen LogP contribution in [0.2, 0.25) is 0 Å². The first-order chi connectivity index (χ1) is 8.63. The quantitative estimate of drug-likeness (QED) is 0.566. The summed E-state index contributed by atoms with van der Waals surface area (Å²) in [5.74, 6) is 0.481. The van der Waals surface area contributed by atoms with Gasteiger partial charge in [-0.3, -0.25) is 0 Å². The summed E-state index contributed by atoms with van der Waals surface area (Å²) >= 11 is 0. The number of nitrogens with two attached hydrogens (primary N) is 3. The van der Waals surface area contributed by atoms with Crippen molar-refractivity contribution >= 4 is 28.2 Å². The van der Waals surface area contributed by atoms with Gasteiger partial charge in [0.2, 0.25) is 5.89 Å². The zero-order valence-electron chi connectivity index (χ0n) is 9.55. The van der Waals surface area contributed by atoms with Gasteiger partial charge in [-0.25, -0.2) is 4.98 Å². The summed E-state index contributed by atoms with van der Waals surface area (Å²) in [4.78, 5) is 4.36. The van der Waals surface area contributed by atoms with Crippen molar-refractivity contribution < 1.29 is 4.42 Å². The lowest BCUT2D eigenvalue weighted by Gasteiger charge is -1.96. The Bertz CT molecular complexity index is 733. The number of nitrogen functional groups attached to an aromatic ring is 3. The van der Waals surface area contributed by atoms with Crippen molar-refractivity contribution in [1.82, 2.24) is 4.98 Å². The predicted octanol–water partition coefficient (Wildman–Crippen LogP) is 2.24. The van der Waals surface area contributed by atoms with Crippen LogP contribution in [0.5, 0.6) is 0 Å². The average Bonchev–Trinajstić information content (AvgIpc) is 2.73. The molecule has 6 N–H and O–H groups in total. The van der Waals surface area contributed by atoms with E-state index in [1.807, 2.05) is 12.1 Å². The van der Waals surface area contributed by atoms with Crippen LogP contribution < -0.4 is 17.2 Å². The van der Waals surface area contributed by atoms with Gasteiger partial charge in [0.15, 0.2) is 5.58 Å². The monoisotopic (exact) mass is 240 g/mol. The van der Waals surface area contributed by atoms with Gasteiger partial charge in [-0.1, -0.05) is 6.07 Å². The molecule has 0 radical (unpaired) electrons. The maximum absolute atomic E-state index is 5.85. The van der Waals surface area contributed by atoms with Gasteiger partial charge in [-0.05, 0) is 24.3 Å². The Labute approximate surface area is 103 Å². The lowest BCUT2D eigenvalue weighted by molar-refractivity contribution is 0.620. The van der Waals surface area contributed by atoms with Crippen molar-refractivity contribution in [2.24, 2.45) is 0 Å². The van der Waals surface area contributed by atoms with Crippen molar-refractivity contribution in [3.8, 4) is 11.5 Å². The SMILES string of the molecule is Nc1cccc(-c2nc3c(N)cc(N)cc3o2)c1. The minimum Gasteiger partial charge on any atom is -0.436 e. The van der Waals surface area contributed by atoms with Gasteiger partial charge in [0.05, 0.1) is 5.69 Å². The van der Waals surface area contributed by atoms with E-state index in [0.717, 1.165) is 5.56 Å². The van der Waals surface area contributed by atoms with E-state index < -0.39 is 0 Å². The minimum atomic E-state index is 0.481. The highest BCUT2D eigenvalue weighted by Gasteiger charge is 2.11. The first-order valence-electron chi connectivity index (χ1n) is 5.45. The zero-order valence-corrected chi connectivity index (χ0v) is 9.55. The topological polar surface area (TPSA) is 104 Å². The minimum absolute atomic E-state index is 0.481. The molecule has 3 rings (SSSR count). The molecule has 5 nitrogen and oxygen atoms in total. The van der Waals surface area contributed by atoms with Crippen LogP contribution in [0.25, 0.3) is 22.6 Å². The number of anilines is 3. The Morgan fingerprint density at radius 1 is 0.944 bits per heavy atom. The average molecular weight is 240 g/mol. The van der Waals surface area contributed by atoms with Crippen molar-refractivity contribution in [2.75, 3.05) is 17.2 Å². The van der Waals surface area contributed by atoms with Crippen LogP contribution in [0, 0.1) is 0 Å². The number of rotatable bonds is 1. The number of hydrogen-bond donors (Lipinski definition) is 3. The second-order valence-electron chi connectivity index (χ2n) is 4.10. The highest BCUT2D eigenvalue weighted by Crippen LogP contribution is 2.29. The number of benzene rings is 2. The second-order valence-corrected chi connectivity index (χ2v) is 4.10. The van der Waals surface area contributed by atoms with Crippen LogP contribution in [-0.2, 0) is 0 Å². The van der Waals surface area contributed by atoms with E-state index in [-0.39, 0.29) is 0 Å². The van der Waals surface area contributed by atoms with Gasteiger partial charge in [0.25, 0.3) is 0 Å². The fraction of sp³-hybridized carbons (Fsp3) is 0. The summed E-state index contributed by atoms with van der Waals surface area (Å²) in [6.45, 7) is 0. The van der Waals surface area contributed by atoms with E-state index in [0.29, 0.717) is 34.1 Å². The third-order valence-corrected chi connectivity index (χ3v) is 2.68. The van der Waals surface area contributed by atoms with Gasteiger partial charge >= 0.3 is 0 Å². The lowest BCUT2D eigenvalue weighted by atomic mass is 10.2. The van der Waals surface area contributed by atoms with Crippen molar-refractivity contribution in [3.05, 3.63) is 36.4 Å². The molecular weight excluding hydrogens is 228 g/mol. The molecule has 0 spiro atoms. The summed E-state index contributed by atoms with van der Waals surface area (Å²) < 4.78 is 5.64. The molecule has 5 heteroatoms. The Hall–Kier alpha value is -2.69. The molecule has 0 fully saturated rings. The van der Waals surface area contributed by atoms with Crippen molar-refractivity contribution in [1.29, 1.82) is 0 Å². The second kappa shape index (κ2) is 3.66. The van der Waals surface area contributed by atoms with E-state index in [1.165, 1.54) is 0 Å². The molecule has 0 aliphatic heterocycles. The molecule has 90 valence electrons. The Morgan fingerprint density at radius 2 is 1.78 bits per heavy atom. The third-order valence-electron chi connectivity index (χ3n) is 2.68. The molecule has 3 aromatic rings. The van der Waals surface area contributed by atoms with Gasteiger partial charge in [0.1, 0.15) is 5.52 Å². The highest BCUT2D eigenvalue weighted by atomic mass is 16.3. The molecule has 1 aromatic heterocycles. The zero-order chi connectivity index (χ0) is 12.7. The number of nitrogens with zero attached hydrogens (tertiary/aromatic N) is 1. The molecule has 0 amide bonds. The van der Waals surface area contributed by atoms with Crippen LogP contribution >= 0.6 is 0 Å². The fourth-order valence-electron chi connectivity index (χ4n) is 1.87. The Balaban J connectivity index is 2.22. The Kier molecular flexibility index (Phi) is 2.13. The van der Waals surface area contributed by atoms with E-state index in [4.69, 9.17) is 21.6 Å². The third kappa shape index (κ3) is 1.62. The van der Waals surface area contributed by atoms with Gasteiger partial charge in [-0.2, -0.15) is 0 Å². The van der Waals surface area contributed by atoms with E-state index in [1.54, 1.807) is 24.3 Å². The molecule has 0 aliphatic rings. The maximum Gasteiger partial charge on any atom is 0.227 e. The molecule has 0 saturated carbocycles. The summed E-state index contributed by atoms with van der Waals surface area (Å²) in [5, 5.41) is 0.